The van der Waals surface area contributed by atoms with Crippen LogP contribution in [-0.2, 0) is 0 Å². The van der Waals surface area contributed by atoms with Crippen molar-refractivity contribution >= 4 is 35.6 Å². The molecule has 1 aromatic rings. The minimum Gasteiger partial charge on any atom is -0.370 e. The zero-order valence-corrected chi connectivity index (χ0v) is 11.9. The molecule has 2 atom stereocenters. The molecule has 0 amide bonds. The van der Waals surface area contributed by atoms with Crippen LogP contribution in [0.25, 0.3) is 0 Å². The number of hydrogen-bond acceptors (Lipinski definition) is 1. The minimum atomic E-state index is 0. The molecule has 3 N–H and O–H groups in total. The molecule has 1 aliphatic rings. The second-order valence-electron chi connectivity index (χ2n) is 4.29. The number of nitrogens with one attached hydrogen (secondary N) is 1. The first kappa shape index (κ1) is 13.3. The largest absolute Gasteiger partial charge is 0.370 e. The van der Waals surface area contributed by atoms with E-state index >= 15 is 0 Å². The summed E-state index contributed by atoms with van der Waals surface area (Å²) in [5.74, 6) is 1.22. The van der Waals surface area contributed by atoms with Gasteiger partial charge in [0.2, 0.25) is 0 Å². The fourth-order valence-electron chi connectivity index (χ4n) is 1.48. The first-order valence-electron chi connectivity index (χ1n) is 5.32. The maximum atomic E-state index is 5.79. The fourth-order valence-corrected chi connectivity index (χ4v) is 1.48. The number of nitrogens with two attached hydrogens (primary N) is 1. The lowest BCUT2D eigenvalue weighted by Crippen LogP contribution is -2.23. The molecule has 0 saturated heterocycles. The summed E-state index contributed by atoms with van der Waals surface area (Å²) in [5, 5.41) is 3.09. The van der Waals surface area contributed by atoms with E-state index in [2.05, 4.69) is 36.3 Å². The Labute approximate surface area is 114 Å². The Morgan fingerprint density at radius 1 is 1.38 bits per heavy atom. The number of anilines is 1. The van der Waals surface area contributed by atoms with Gasteiger partial charge < -0.3 is 11.1 Å². The zero-order chi connectivity index (χ0) is 10.8. The van der Waals surface area contributed by atoms with Crippen LogP contribution in [0, 0.1) is 12.8 Å². The van der Waals surface area contributed by atoms with Crippen LogP contribution < -0.4 is 11.1 Å². The summed E-state index contributed by atoms with van der Waals surface area (Å²) in [7, 11) is 0. The van der Waals surface area contributed by atoms with Crippen LogP contribution in [0.2, 0.25) is 0 Å². The van der Waals surface area contributed by atoms with Gasteiger partial charge in [0.15, 0.2) is 5.96 Å². The molecular formula is C12H18IN3. The van der Waals surface area contributed by atoms with E-state index in [-0.39, 0.29) is 24.0 Å². The average molecular weight is 331 g/mol. The maximum Gasteiger partial charge on any atom is 0.193 e. The molecule has 0 spiro atoms. The molecule has 0 aliphatic heterocycles. The number of benzene rings is 1. The number of nitrogens with zero attached hydrogens (tertiary/aromatic N) is 1. The number of rotatable bonds is 2. The van der Waals surface area contributed by atoms with Crippen LogP contribution in [0.15, 0.2) is 29.3 Å². The topological polar surface area (TPSA) is 50.4 Å². The van der Waals surface area contributed by atoms with E-state index in [0.29, 0.717) is 17.9 Å². The molecule has 0 aromatic heterocycles. The van der Waals surface area contributed by atoms with Crippen LogP contribution in [0.1, 0.15) is 18.9 Å². The summed E-state index contributed by atoms with van der Waals surface area (Å²) in [5.41, 5.74) is 8.02. The van der Waals surface area contributed by atoms with E-state index in [1.165, 1.54) is 5.56 Å². The summed E-state index contributed by atoms with van der Waals surface area (Å²) < 4.78 is 0. The van der Waals surface area contributed by atoms with Crippen molar-refractivity contribution in [3.63, 3.8) is 0 Å². The van der Waals surface area contributed by atoms with Crippen LogP contribution in [0.3, 0.4) is 0 Å². The SMILES string of the molecule is Cc1ccc(NC(N)=NC2CC2C)cc1.I. The third kappa shape index (κ3) is 3.66. The molecule has 4 heteroatoms. The second-order valence-corrected chi connectivity index (χ2v) is 4.29. The van der Waals surface area contributed by atoms with Crippen molar-refractivity contribution in [1.29, 1.82) is 0 Å². The van der Waals surface area contributed by atoms with E-state index < -0.39 is 0 Å². The quantitative estimate of drug-likeness (QED) is 0.497. The lowest BCUT2D eigenvalue weighted by molar-refractivity contribution is 0.893. The third-order valence-corrected chi connectivity index (χ3v) is 2.70. The average Bonchev–Trinajstić information content (AvgIpc) is 2.86. The Kier molecular flexibility index (Phi) is 4.58. The molecule has 3 nitrogen and oxygen atoms in total. The summed E-state index contributed by atoms with van der Waals surface area (Å²) in [6, 6.07) is 8.55. The van der Waals surface area contributed by atoms with Gasteiger partial charge in [0.05, 0.1) is 6.04 Å². The van der Waals surface area contributed by atoms with E-state index in [4.69, 9.17) is 5.73 Å². The minimum absolute atomic E-state index is 0. The van der Waals surface area contributed by atoms with Gasteiger partial charge in [-0.25, -0.2) is 4.99 Å². The highest BCUT2D eigenvalue weighted by Gasteiger charge is 2.32. The van der Waals surface area contributed by atoms with Gasteiger partial charge in [-0.15, -0.1) is 24.0 Å². The summed E-state index contributed by atoms with van der Waals surface area (Å²) >= 11 is 0. The molecule has 1 aromatic carbocycles. The van der Waals surface area contributed by atoms with Gasteiger partial charge in [-0.2, -0.15) is 0 Å². The van der Waals surface area contributed by atoms with Crippen molar-refractivity contribution in [2.45, 2.75) is 26.3 Å². The molecule has 1 saturated carbocycles. The third-order valence-electron chi connectivity index (χ3n) is 2.70. The Morgan fingerprint density at radius 2 is 1.94 bits per heavy atom. The van der Waals surface area contributed by atoms with Crippen molar-refractivity contribution in [1.82, 2.24) is 0 Å². The van der Waals surface area contributed by atoms with Crippen molar-refractivity contribution in [2.75, 3.05) is 5.32 Å². The molecule has 0 heterocycles. The van der Waals surface area contributed by atoms with Crippen molar-refractivity contribution in [2.24, 2.45) is 16.6 Å². The van der Waals surface area contributed by atoms with Gasteiger partial charge >= 0.3 is 0 Å². The molecule has 1 aliphatic carbocycles. The predicted molar refractivity (Wildman–Crippen MR) is 79.4 cm³/mol. The normalized spacial score (nSPS) is 23.5. The summed E-state index contributed by atoms with van der Waals surface area (Å²) in [6.07, 6.45) is 1.16. The number of halogens is 1. The lowest BCUT2D eigenvalue weighted by atomic mass is 10.2. The van der Waals surface area contributed by atoms with E-state index in [0.717, 1.165) is 12.1 Å². The lowest BCUT2D eigenvalue weighted by Gasteiger charge is -2.05. The molecular weight excluding hydrogens is 313 g/mol. The Morgan fingerprint density at radius 3 is 2.44 bits per heavy atom. The van der Waals surface area contributed by atoms with Crippen LogP contribution in [0.4, 0.5) is 5.69 Å². The van der Waals surface area contributed by atoms with Crippen LogP contribution in [0.5, 0.6) is 0 Å². The fraction of sp³-hybridized carbons (Fsp3) is 0.417. The second kappa shape index (κ2) is 5.52. The number of guanidine groups is 1. The first-order chi connectivity index (χ1) is 7.15. The van der Waals surface area contributed by atoms with Crippen molar-refractivity contribution in [3.05, 3.63) is 29.8 Å². The highest BCUT2D eigenvalue weighted by molar-refractivity contribution is 14.0. The number of hydrogen-bond donors (Lipinski definition) is 2. The van der Waals surface area contributed by atoms with Gasteiger partial charge in [-0.3, -0.25) is 0 Å². The Hall–Kier alpha value is -0.780. The highest BCUT2D eigenvalue weighted by atomic mass is 127. The van der Waals surface area contributed by atoms with E-state index in [1.807, 2.05) is 12.1 Å². The molecule has 16 heavy (non-hydrogen) atoms. The first-order valence-corrected chi connectivity index (χ1v) is 5.32. The van der Waals surface area contributed by atoms with E-state index in [9.17, 15) is 0 Å². The maximum absolute atomic E-state index is 5.79. The molecule has 0 bridgehead atoms. The van der Waals surface area contributed by atoms with Crippen molar-refractivity contribution in [3.8, 4) is 0 Å². The molecule has 2 unspecified atom stereocenters. The zero-order valence-electron chi connectivity index (χ0n) is 9.60. The van der Waals surface area contributed by atoms with Crippen molar-refractivity contribution < 1.29 is 0 Å². The molecule has 2 rings (SSSR count). The highest BCUT2D eigenvalue weighted by Crippen LogP contribution is 2.32. The van der Waals surface area contributed by atoms with Crippen LogP contribution >= 0.6 is 24.0 Å². The van der Waals surface area contributed by atoms with Gasteiger partial charge in [0, 0.05) is 5.69 Å². The van der Waals surface area contributed by atoms with Gasteiger partial charge in [-0.05, 0) is 31.4 Å². The Bertz CT molecular complexity index is 372. The monoisotopic (exact) mass is 331 g/mol. The van der Waals surface area contributed by atoms with Gasteiger partial charge in [0.25, 0.3) is 0 Å². The Balaban J connectivity index is 0.00000128. The number of aliphatic imine (C=N–C) groups is 1. The summed E-state index contributed by atoms with van der Waals surface area (Å²) in [6.45, 7) is 4.25. The summed E-state index contributed by atoms with van der Waals surface area (Å²) in [4.78, 5) is 4.37. The standard InChI is InChI=1S/C12H17N3.HI/c1-8-3-5-10(6-4-8)14-12(13)15-11-7-9(11)2;/h3-6,9,11H,7H2,1-2H3,(H3,13,14,15);1H. The van der Waals surface area contributed by atoms with Gasteiger partial charge in [0.1, 0.15) is 0 Å². The smallest absolute Gasteiger partial charge is 0.193 e. The van der Waals surface area contributed by atoms with Crippen LogP contribution in [-0.4, -0.2) is 12.0 Å². The predicted octanol–water partition coefficient (Wildman–Crippen LogP) is 2.75. The van der Waals surface area contributed by atoms with E-state index in [1.54, 1.807) is 0 Å². The molecule has 88 valence electrons. The van der Waals surface area contributed by atoms with Gasteiger partial charge in [-0.1, -0.05) is 24.6 Å². The molecule has 0 radical (unpaired) electrons. The molecule has 1 fully saturated rings. The number of aryl methyl sites for hydroxylation is 1.